The lowest BCUT2D eigenvalue weighted by Crippen LogP contribution is -2.36. The first-order valence-electron chi connectivity index (χ1n) is 5.84. The molecule has 0 radical (unpaired) electrons. The van der Waals surface area contributed by atoms with E-state index >= 15 is 0 Å². The van der Waals surface area contributed by atoms with Crippen molar-refractivity contribution in [1.29, 1.82) is 0 Å². The molecular formula is C12H16N2O3S. The molecule has 0 saturated heterocycles. The Morgan fingerprint density at radius 1 is 1.39 bits per heavy atom. The standard InChI is InChI=1S/C12H16N2O3S/c1-4-8-7(2)18-10-9(8)11(15)14(5-6-17-3)12(16)13-10/h4-6H2,1-3H3,(H,13,16). The van der Waals surface area contributed by atoms with Crippen molar-refractivity contribution < 1.29 is 4.74 Å². The van der Waals surface area contributed by atoms with E-state index in [1.165, 1.54) is 15.9 Å². The number of thiophene rings is 1. The smallest absolute Gasteiger partial charge is 0.329 e. The third-order valence-electron chi connectivity index (χ3n) is 3.01. The van der Waals surface area contributed by atoms with Gasteiger partial charge in [0.2, 0.25) is 0 Å². The van der Waals surface area contributed by atoms with Gasteiger partial charge in [-0.2, -0.15) is 0 Å². The highest BCUT2D eigenvalue weighted by atomic mass is 32.1. The molecule has 0 spiro atoms. The highest BCUT2D eigenvalue weighted by Gasteiger charge is 2.15. The summed E-state index contributed by atoms with van der Waals surface area (Å²) in [5.74, 6) is 0. The Kier molecular flexibility index (Phi) is 3.68. The van der Waals surface area contributed by atoms with Crippen LogP contribution in [0.5, 0.6) is 0 Å². The number of hydrogen-bond acceptors (Lipinski definition) is 4. The van der Waals surface area contributed by atoms with Crippen LogP contribution >= 0.6 is 11.3 Å². The SMILES string of the molecule is CCc1c(C)sc2[nH]c(=O)n(CCOC)c(=O)c12. The summed E-state index contributed by atoms with van der Waals surface area (Å²) in [6.07, 6.45) is 0.789. The average molecular weight is 268 g/mol. The van der Waals surface area contributed by atoms with Gasteiger partial charge in [-0.3, -0.25) is 14.3 Å². The second kappa shape index (κ2) is 5.07. The third kappa shape index (κ3) is 2.02. The fourth-order valence-corrected chi connectivity index (χ4v) is 3.22. The van der Waals surface area contributed by atoms with Crippen LogP contribution in [0, 0.1) is 6.92 Å². The number of H-pyrrole nitrogens is 1. The zero-order valence-electron chi connectivity index (χ0n) is 10.7. The van der Waals surface area contributed by atoms with E-state index in [-0.39, 0.29) is 17.8 Å². The van der Waals surface area contributed by atoms with Crippen molar-refractivity contribution in [2.45, 2.75) is 26.8 Å². The van der Waals surface area contributed by atoms with Gasteiger partial charge in [0.15, 0.2) is 0 Å². The topological polar surface area (TPSA) is 64.1 Å². The molecule has 2 rings (SSSR count). The van der Waals surface area contributed by atoms with Gasteiger partial charge in [-0.05, 0) is 18.9 Å². The van der Waals surface area contributed by atoms with E-state index in [1.54, 1.807) is 7.11 Å². The molecule has 2 aromatic heterocycles. The number of fused-ring (bicyclic) bond motifs is 1. The van der Waals surface area contributed by atoms with Crippen LogP contribution in [0.15, 0.2) is 9.59 Å². The normalized spacial score (nSPS) is 11.3. The molecule has 0 fully saturated rings. The maximum absolute atomic E-state index is 12.3. The predicted octanol–water partition coefficient (Wildman–Crippen LogP) is 1.27. The monoisotopic (exact) mass is 268 g/mol. The molecule has 0 aromatic carbocycles. The molecule has 1 N–H and O–H groups in total. The number of ether oxygens (including phenoxy) is 1. The summed E-state index contributed by atoms with van der Waals surface area (Å²) in [6.45, 7) is 4.61. The zero-order chi connectivity index (χ0) is 13.3. The van der Waals surface area contributed by atoms with Gasteiger partial charge in [0, 0.05) is 12.0 Å². The van der Waals surface area contributed by atoms with Crippen LogP contribution in [0.25, 0.3) is 10.2 Å². The number of nitrogens with zero attached hydrogens (tertiary/aromatic N) is 1. The fourth-order valence-electron chi connectivity index (χ4n) is 2.10. The van der Waals surface area contributed by atoms with Crippen LogP contribution < -0.4 is 11.2 Å². The van der Waals surface area contributed by atoms with Crippen molar-refractivity contribution in [2.75, 3.05) is 13.7 Å². The summed E-state index contributed by atoms with van der Waals surface area (Å²) >= 11 is 1.46. The molecule has 2 heterocycles. The molecule has 18 heavy (non-hydrogen) atoms. The number of aromatic nitrogens is 2. The van der Waals surface area contributed by atoms with Gasteiger partial charge >= 0.3 is 5.69 Å². The molecule has 0 saturated carbocycles. The number of rotatable bonds is 4. The lowest BCUT2D eigenvalue weighted by molar-refractivity contribution is 0.185. The Morgan fingerprint density at radius 2 is 2.11 bits per heavy atom. The molecule has 6 heteroatoms. The van der Waals surface area contributed by atoms with E-state index in [1.807, 2.05) is 13.8 Å². The number of hydrogen-bond donors (Lipinski definition) is 1. The maximum Gasteiger partial charge on any atom is 0.329 e. The molecule has 0 bridgehead atoms. The Morgan fingerprint density at radius 3 is 2.72 bits per heavy atom. The van der Waals surface area contributed by atoms with Crippen LogP contribution in [0.3, 0.4) is 0 Å². The first kappa shape index (κ1) is 13.0. The van der Waals surface area contributed by atoms with E-state index in [9.17, 15) is 9.59 Å². The van der Waals surface area contributed by atoms with Crippen LogP contribution in [-0.2, 0) is 17.7 Å². The number of aryl methyl sites for hydroxylation is 2. The van der Waals surface area contributed by atoms with Gasteiger partial charge in [0.25, 0.3) is 5.56 Å². The van der Waals surface area contributed by atoms with Crippen LogP contribution in [-0.4, -0.2) is 23.3 Å². The van der Waals surface area contributed by atoms with E-state index in [2.05, 4.69) is 4.98 Å². The fraction of sp³-hybridized carbons (Fsp3) is 0.500. The van der Waals surface area contributed by atoms with Crippen molar-refractivity contribution in [3.8, 4) is 0 Å². The number of nitrogens with one attached hydrogen (secondary N) is 1. The molecule has 0 aliphatic rings. The van der Waals surface area contributed by atoms with E-state index < -0.39 is 0 Å². The molecule has 0 unspecified atom stereocenters. The van der Waals surface area contributed by atoms with E-state index in [4.69, 9.17) is 4.74 Å². The molecule has 98 valence electrons. The maximum atomic E-state index is 12.3. The first-order chi connectivity index (χ1) is 8.60. The summed E-state index contributed by atoms with van der Waals surface area (Å²) < 4.78 is 6.13. The summed E-state index contributed by atoms with van der Waals surface area (Å²) in [5.41, 5.74) is 0.447. The summed E-state index contributed by atoms with van der Waals surface area (Å²) in [4.78, 5) is 28.7. The second-order valence-corrected chi connectivity index (χ2v) is 5.30. The van der Waals surface area contributed by atoms with Gasteiger partial charge in [-0.15, -0.1) is 11.3 Å². The molecule has 0 atom stereocenters. The lowest BCUT2D eigenvalue weighted by Gasteiger charge is -2.04. The third-order valence-corrected chi connectivity index (χ3v) is 4.07. The summed E-state index contributed by atoms with van der Waals surface area (Å²) in [7, 11) is 1.55. The van der Waals surface area contributed by atoms with Crippen molar-refractivity contribution in [3.63, 3.8) is 0 Å². The van der Waals surface area contributed by atoms with E-state index in [0.717, 1.165) is 16.9 Å². The summed E-state index contributed by atoms with van der Waals surface area (Å²) in [5, 5.41) is 0.649. The van der Waals surface area contributed by atoms with Gasteiger partial charge in [0.1, 0.15) is 4.83 Å². The minimum Gasteiger partial charge on any atom is -0.383 e. The molecule has 5 nitrogen and oxygen atoms in total. The Labute approximate surface area is 108 Å². The molecular weight excluding hydrogens is 252 g/mol. The molecule has 0 aliphatic heterocycles. The first-order valence-corrected chi connectivity index (χ1v) is 6.65. The largest absolute Gasteiger partial charge is 0.383 e. The highest BCUT2D eigenvalue weighted by molar-refractivity contribution is 7.18. The minimum atomic E-state index is -0.367. The zero-order valence-corrected chi connectivity index (χ0v) is 11.5. The minimum absolute atomic E-state index is 0.216. The number of methoxy groups -OCH3 is 1. The van der Waals surface area contributed by atoms with Crippen molar-refractivity contribution >= 4 is 21.6 Å². The quantitative estimate of drug-likeness (QED) is 0.908. The lowest BCUT2D eigenvalue weighted by atomic mass is 10.1. The van der Waals surface area contributed by atoms with Gasteiger partial charge in [-0.25, -0.2) is 4.79 Å². The Bertz CT molecular complexity index is 681. The Hall–Kier alpha value is -1.40. The van der Waals surface area contributed by atoms with Crippen LogP contribution in [0.4, 0.5) is 0 Å². The van der Waals surface area contributed by atoms with E-state index in [0.29, 0.717) is 16.8 Å². The predicted molar refractivity (Wildman–Crippen MR) is 72.7 cm³/mol. The molecule has 0 amide bonds. The average Bonchev–Trinajstić information content (AvgIpc) is 2.64. The van der Waals surface area contributed by atoms with Crippen molar-refractivity contribution in [3.05, 3.63) is 31.3 Å². The van der Waals surface area contributed by atoms with Crippen molar-refractivity contribution in [2.24, 2.45) is 0 Å². The van der Waals surface area contributed by atoms with Gasteiger partial charge in [-0.1, -0.05) is 6.92 Å². The van der Waals surface area contributed by atoms with Crippen LogP contribution in [0.1, 0.15) is 17.4 Å². The van der Waals surface area contributed by atoms with Crippen LogP contribution in [0.2, 0.25) is 0 Å². The van der Waals surface area contributed by atoms with Crippen molar-refractivity contribution in [1.82, 2.24) is 9.55 Å². The van der Waals surface area contributed by atoms with Gasteiger partial charge < -0.3 is 4.74 Å². The van der Waals surface area contributed by atoms with Gasteiger partial charge in [0.05, 0.1) is 18.5 Å². The highest BCUT2D eigenvalue weighted by Crippen LogP contribution is 2.26. The second-order valence-electron chi connectivity index (χ2n) is 4.07. The summed E-state index contributed by atoms with van der Waals surface area (Å²) in [6, 6.07) is 0. The molecule has 2 aromatic rings. The number of aromatic amines is 1. The Balaban J connectivity index is 2.75. The molecule has 0 aliphatic carbocycles.